The average molecular weight is 291 g/mol. The van der Waals surface area contributed by atoms with Crippen molar-refractivity contribution >= 4 is 12.0 Å². The molecule has 1 aromatic rings. The number of amides is 1. The van der Waals surface area contributed by atoms with E-state index in [9.17, 15) is 4.79 Å². The van der Waals surface area contributed by atoms with E-state index in [0.717, 1.165) is 24.8 Å². The fourth-order valence-electron chi connectivity index (χ4n) is 2.11. The number of methoxy groups -OCH3 is 2. The van der Waals surface area contributed by atoms with Crippen LogP contribution in [0.2, 0.25) is 0 Å². The maximum atomic E-state index is 12.2. The summed E-state index contributed by atoms with van der Waals surface area (Å²) in [6.45, 7) is 4.75. The Kier molecular flexibility index (Phi) is 7.37. The van der Waals surface area contributed by atoms with Crippen LogP contribution in [-0.4, -0.2) is 26.7 Å². The number of carbonyl (C=O) groups is 1. The van der Waals surface area contributed by atoms with Gasteiger partial charge in [0.25, 0.3) is 5.91 Å². The van der Waals surface area contributed by atoms with E-state index in [0.29, 0.717) is 23.6 Å². The number of ether oxygens (including phenoxy) is 2. The molecule has 0 atom stereocenters. The Balaban J connectivity index is 2.96. The summed E-state index contributed by atoms with van der Waals surface area (Å²) in [6, 6.07) is 3.53. The summed E-state index contributed by atoms with van der Waals surface area (Å²) in [7, 11) is 3.16. The Hall–Kier alpha value is -1.97. The van der Waals surface area contributed by atoms with E-state index in [2.05, 4.69) is 12.2 Å². The zero-order chi connectivity index (χ0) is 15.7. The zero-order valence-corrected chi connectivity index (χ0v) is 13.4. The Morgan fingerprint density at radius 2 is 2.00 bits per heavy atom. The summed E-state index contributed by atoms with van der Waals surface area (Å²) in [5.41, 5.74) is 1.41. The van der Waals surface area contributed by atoms with Crippen LogP contribution in [0.5, 0.6) is 11.5 Å². The molecule has 1 N–H and O–H groups in total. The van der Waals surface area contributed by atoms with Crippen LogP contribution < -0.4 is 14.8 Å². The summed E-state index contributed by atoms with van der Waals surface area (Å²) in [6.07, 6.45) is 7.06. The molecule has 0 unspecified atom stereocenters. The molecule has 0 saturated heterocycles. The molecule has 4 nitrogen and oxygen atoms in total. The van der Waals surface area contributed by atoms with E-state index in [4.69, 9.17) is 9.47 Å². The van der Waals surface area contributed by atoms with E-state index in [-0.39, 0.29) is 5.91 Å². The normalized spacial score (nSPS) is 10.7. The number of hydrogen-bond donors (Lipinski definition) is 1. The lowest BCUT2D eigenvalue weighted by atomic mass is 10.1. The second-order valence-corrected chi connectivity index (χ2v) is 4.76. The molecule has 0 heterocycles. The van der Waals surface area contributed by atoms with Gasteiger partial charge in [0, 0.05) is 17.7 Å². The molecular formula is C17H25NO3. The van der Waals surface area contributed by atoms with Crippen LogP contribution in [-0.2, 0) is 0 Å². The van der Waals surface area contributed by atoms with Crippen LogP contribution in [0.3, 0.4) is 0 Å². The van der Waals surface area contributed by atoms with E-state index >= 15 is 0 Å². The minimum Gasteiger partial charge on any atom is -0.493 e. The van der Waals surface area contributed by atoms with Crippen LogP contribution in [0.4, 0.5) is 0 Å². The third kappa shape index (κ3) is 4.81. The van der Waals surface area contributed by atoms with E-state index in [1.165, 1.54) is 0 Å². The number of unbranched alkanes of at least 4 members (excludes halogenated alkanes) is 2. The molecule has 0 bridgehead atoms. The van der Waals surface area contributed by atoms with Crippen molar-refractivity contribution in [2.45, 2.75) is 33.1 Å². The Morgan fingerprint density at radius 3 is 2.57 bits per heavy atom. The molecule has 0 saturated carbocycles. The average Bonchev–Trinajstić information content (AvgIpc) is 2.50. The predicted octanol–water partition coefficient (Wildman–Crippen LogP) is 3.66. The first-order chi connectivity index (χ1) is 10.2. The van der Waals surface area contributed by atoms with Gasteiger partial charge >= 0.3 is 0 Å². The quantitative estimate of drug-likeness (QED) is 0.744. The third-order valence-electron chi connectivity index (χ3n) is 3.18. The minimum absolute atomic E-state index is 0.0854. The number of nitrogens with one attached hydrogen (secondary N) is 1. The molecule has 0 spiro atoms. The van der Waals surface area contributed by atoms with Crippen LogP contribution in [0.15, 0.2) is 18.2 Å². The lowest BCUT2D eigenvalue weighted by Gasteiger charge is -2.13. The number of carbonyl (C=O) groups excluding carboxylic acids is 1. The Bertz CT molecular complexity index is 495. The summed E-state index contributed by atoms with van der Waals surface area (Å²) >= 11 is 0. The predicted molar refractivity (Wildman–Crippen MR) is 86.1 cm³/mol. The van der Waals surface area contributed by atoms with Crippen LogP contribution in [0.1, 0.15) is 49.0 Å². The maximum absolute atomic E-state index is 12.2. The Labute approximate surface area is 127 Å². The monoisotopic (exact) mass is 291 g/mol. The number of allylic oxidation sites excluding steroid dienone is 1. The van der Waals surface area contributed by atoms with Crippen LogP contribution in [0, 0.1) is 0 Å². The van der Waals surface area contributed by atoms with Gasteiger partial charge in [0.05, 0.1) is 14.2 Å². The number of rotatable bonds is 8. The van der Waals surface area contributed by atoms with Crippen molar-refractivity contribution in [3.8, 4) is 11.5 Å². The highest BCUT2D eigenvalue weighted by molar-refractivity contribution is 5.95. The molecule has 0 aliphatic rings. The molecule has 116 valence electrons. The van der Waals surface area contributed by atoms with Gasteiger partial charge in [0.1, 0.15) is 0 Å². The minimum atomic E-state index is -0.0854. The summed E-state index contributed by atoms with van der Waals surface area (Å²) < 4.78 is 10.7. The molecule has 1 amide bonds. The van der Waals surface area contributed by atoms with Crippen LogP contribution in [0.25, 0.3) is 6.08 Å². The molecule has 21 heavy (non-hydrogen) atoms. The van der Waals surface area contributed by atoms with Gasteiger partial charge in [-0.25, -0.2) is 0 Å². The molecule has 0 aromatic heterocycles. The second-order valence-electron chi connectivity index (χ2n) is 4.76. The lowest BCUT2D eigenvalue weighted by molar-refractivity contribution is 0.0952. The highest BCUT2D eigenvalue weighted by atomic mass is 16.5. The van der Waals surface area contributed by atoms with Crippen molar-refractivity contribution in [2.75, 3.05) is 20.8 Å². The van der Waals surface area contributed by atoms with Crippen molar-refractivity contribution in [1.29, 1.82) is 0 Å². The zero-order valence-electron chi connectivity index (χ0n) is 13.4. The highest BCUT2D eigenvalue weighted by Gasteiger charge is 2.14. The smallest absolute Gasteiger partial charge is 0.251 e. The van der Waals surface area contributed by atoms with Gasteiger partial charge < -0.3 is 14.8 Å². The second kappa shape index (κ2) is 9.06. The fourth-order valence-corrected chi connectivity index (χ4v) is 2.11. The first-order valence-corrected chi connectivity index (χ1v) is 7.34. The molecule has 0 radical (unpaired) electrons. The van der Waals surface area contributed by atoms with E-state index in [1.807, 2.05) is 25.1 Å². The molecule has 1 aromatic carbocycles. The molecule has 1 rings (SSSR count). The molecular weight excluding hydrogens is 266 g/mol. The maximum Gasteiger partial charge on any atom is 0.251 e. The number of hydrogen-bond acceptors (Lipinski definition) is 3. The van der Waals surface area contributed by atoms with Crippen molar-refractivity contribution in [3.05, 3.63) is 29.3 Å². The van der Waals surface area contributed by atoms with Crippen LogP contribution >= 0.6 is 0 Å². The number of benzene rings is 1. The first kappa shape index (κ1) is 17.1. The van der Waals surface area contributed by atoms with Gasteiger partial charge in [-0.3, -0.25) is 4.79 Å². The SMILES string of the molecule is C/C=C/c1cc(C(=O)NCCCCC)cc(OC)c1OC. The van der Waals surface area contributed by atoms with Crippen molar-refractivity contribution in [2.24, 2.45) is 0 Å². The van der Waals surface area contributed by atoms with Crippen molar-refractivity contribution in [1.82, 2.24) is 5.32 Å². The van der Waals surface area contributed by atoms with Crippen molar-refractivity contribution in [3.63, 3.8) is 0 Å². The third-order valence-corrected chi connectivity index (χ3v) is 3.18. The summed E-state index contributed by atoms with van der Waals surface area (Å²) in [5, 5.41) is 2.93. The summed E-state index contributed by atoms with van der Waals surface area (Å²) in [4.78, 5) is 12.2. The lowest BCUT2D eigenvalue weighted by Crippen LogP contribution is -2.24. The largest absolute Gasteiger partial charge is 0.493 e. The van der Waals surface area contributed by atoms with Gasteiger partial charge in [-0.15, -0.1) is 0 Å². The van der Waals surface area contributed by atoms with Gasteiger partial charge in [0.2, 0.25) is 0 Å². The molecule has 0 aliphatic carbocycles. The molecule has 0 aliphatic heterocycles. The van der Waals surface area contributed by atoms with Gasteiger partial charge in [-0.05, 0) is 25.5 Å². The standard InChI is InChI=1S/C17H25NO3/c1-5-7-8-10-18-17(19)14-11-13(9-6-2)16(21-4)15(12-14)20-3/h6,9,11-12H,5,7-8,10H2,1-4H3,(H,18,19)/b9-6+. The van der Waals surface area contributed by atoms with Gasteiger partial charge in [-0.2, -0.15) is 0 Å². The van der Waals surface area contributed by atoms with Gasteiger partial charge in [-0.1, -0.05) is 31.9 Å². The fraction of sp³-hybridized carbons (Fsp3) is 0.471. The topological polar surface area (TPSA) is 47.6 Å². The summed E-state index contributed by atoms with van der Waals surface area (Å²) in [5.74, 6) is 1.11. The Morgan fingerprint density at radius 1 is 1.24 bits per heavy atom. The van der Waals surface area contributed by atoms with E-state index < -0.39 is 0 Å². The first-order valence-electron chi connectivity index (χ1n) is 7.34. The van der Waals surface area contributed by atoms with E-state index in [1.54, 1.807) is 20.3 Å². The highest BCUT2D eigenvalue weighted by Crippen LogP contribution is 2.33. The molecule has 4 heteroatoms. The van der Waals surface area contributed by atoms with Gasteiger partial charge in [0.15, 0.2) is 11.5 Å². The van der Waals surface area contributed by atoms with Crippen molar-refractivity contribution < 1.29 is 14.3 Å². The molecule has 0 fully saturated rings.